The summed E-state index contributed by atoms with van der Waals surface area (Å²) in [6.07, 6.45) is 2.70. The molecular formula is C18H14F2N4S. The quantitative estimate of drug-likeness (QED) is 0.555. The Labute approximate surface area is 146 Å². The molecule has 0 aliphatic carbocycles. The van der Waals surface area contributed by atoms with E-state index in [1.54, 1.807) is 29.5 Å². The van der Waals surface area contributed by atoms with Gasteiger partial charge in [-0.15, -0.1) is 11.3 Å². The molecular weight excluding hydrogens is 342 g/mol. The molecule has 0 fully saturated rings. The Hall–Kier alpha value is -2.80. The van der Waals surface area contributed by atoms with Gasteiger partial charge in [-0.2, -0.15) is 0 Å². The van der Waals surface area contributed by atoms with E-state index >= 15 is 0 Å². The molecule has 0 bridgehead atoms. The van der Waals surface area contributed by atoms with Gasteiger partial charge in [-0.25, -0.2) is 13.8 Å². The molecule has 25 heavy (non-hydrogen) atoms. The van der Waals surface area contributed by atoms with Crippen LogP contribution >= 0.6 is 11.3 Å². The third-order valence-corrected chi connectivity index (χ3v) is 5.13. The van der Waals surface area contributed by atoms with E-state index in [9.17, 15) is 8.78 Å². The summed E-state index contributed by atoms with van der Waals surface area (Å²) in [5.41, 5.74) is 2.59. The third kappa shape index (κ3) is 2.66. The van der Waals surface area contributed by atoms with E-state index in [0.29, 0.717) is 22.8 Å². The summed E-state index contributed by atoms with van der Waals surface area (Å²) in [5, 5.41) is 3.26. The Morgan fingerprint density at radius 1 is 1.08 bits per heavy atom. The maximum atomic E-state index is 14.3. The molecule has 0 unspecified atom stereocenters. The van der Waals surface area contributed by atoms with E-state index in [2.05, 4.69) is 15.3 Å². The van der Waals surface area contributed by atoms with Gasteiger partial charge >= 0.3 is 0 Å². The molecule has 0 atom stereocenters. The fraction of sp³-hybridized carbons (Fsp3) is 0.111. The summed E-state index contributed by atoms with van der Waals surface area (Å²) in [6, 6.07) is 7.61. The summed E-state index contributed by atoms with van der Waals surface area (Å²) in [6.45, 7) is 4.01. The number of rotatable bonds is 3. The molecule has 3 aromatic heterocycles. The number of pyridine rings is 1. The maximum absolute atomic E-state index is 14.3. The van der Waals surface area contributed by atoms with Crippen molar-refractivity contribution in [3.05, 3.63) is 64.9 Å². The van der Waals surface area contributed by atoms with Gasteiger partial charge in [0.05, 0.1) is 6.20 Å². The first kappa shape index (κ1) is 15.7. The fourth-order valence-electron chi connectivity index (χ4n) is 2.69. The minimum Gasteiger partial charge on any atom is -0.339 e. The number of thiazole rings is 1. The van der Waals surface area contributed by atoms with Crippen molar-refractivity contribution in [2.45, 2.75) is 13.8 Å². The Bertz CT molecular complexity index is 1070. The second-order valence-electron chi connectivity index (χ2n) is 5.66. The van der Waals surface area contributed by atoms with Crippen molar-refractivity contribution >= 4 is 27.8 Å². The van der Waals surface area contributed by atoms with Gasteiger partial charge in [0.15, 0.2) is 10.8 Å². The number of aromatic nitrogens is 3. The van der Waals surface area contributed by atoms with E-state index in [0.717, 1.165) is 15.5 Å². The lowest BCUT2D eigenvalue weighted by atomic mass is 10.2. The summed E-state index contributed by atoms with van der Waals surface area (Å²) >= 11 is 1.54. The minimum atomic E-state index is -0.440. The number of imidazole rings is 1. The fourth-order valence-corrected chi connectivity index (χ4v) is 3.66. The summed E-state index contributed by atoms with van der Waals surface area (Å²) in [4.78, 5) is 10.3. The van der Waals surface area contributed by atoms with Gasteiger partial charge in [0, 0.05) is 28.0 Å². The molecule has 0 aliphatic rings. The van der Waals surface area contributed by atoms with E-state index in [-0.39, 0.29) is 5.82 Å². The van der Waals surface area contributed by atoms with Crippen molar-refractivity contribution in [3.63, 3.8) is 0 Å². The van der Waals surface area contributed by atoms with Gasteiger partial charge in [0.25, 0.3) is 0 Å². The van der Waals surface area contributed by atoms with Crippen LogP contribution in [0.25, 0.3) is 16.2 Å². The molecule has 0 saturated heterocycles. The number of hydrogen-bond donors (Lipinski definition) is 1. The second-order valence-corrected chi connectivity index (χ2v) is 6.84. The minimum absolute atomic E-state index is 0.313. The van der Waals surface area contributed by atoms with Gasteiger partial charge in [0.1, 0.15) is 17.3 Å². The number of hydrogen-bond acceptors (Lipinski definition) is 4. The summed E-state index contributed by atoms with van der Waals surface area (Å²) < 4.78 is 29.4. The molecule has 3 heterocycles. The Balaban J connectivity index is 1.94. The Kier molecular flexibility index (Phi) is 3.73. The van der Waals surface area contributed by atoms with Crippen LogP contribution in [0.1, 0.15) is 10.6 Å². The van der Waals surface area contributed by atoms with Crippen molar-refractivity contribution in [2.75, 3.05) is 5.32 Å². The predicted molar refractivity (Wildman–Crippen MR) is 95.4 cm³/mol. The van der Waals surface area contributed by atoms with Gasteiger partial charge in [0.2, 0.25) is 0 Å². The van der Waals surface area contributed by atoms with Crippen LogP contribution in [0.2, 0.25) is 0 Å². The monoisotopic (exact) mass is 356 g/mol. The molecule has 126 valence electrons. The molecule has 0 amide bonds. The number of nitrogens with zero attached hydrogens (tertiary/aromatic N) is 3. The smallest absolute Gasteiger partial charge is 0.196 e. The van der Waals surface area contributed by atoms with Crippen LogP contribution < -0.4 is 5.32 Å². The zero-order valence-electron chi connectivity index (χ0n) is 13.5. The molecule has 0 aliphatic heterocycles. The van der Waals surface area contributed by atoms with Gasteiger partial charge in [-0.3, -0.25) is 9.38 Å². The lowest BCUT2D eigenvalue weighted by Crippen LogP contribution is -1.99. The van der Waals surface area contributed by atoms with Crippen LogP contribution in [-0.2, 0) is 0 Å². The number of halogens is 2. The van der Waals surface area contributed by atoms with Crippen LogP contribution in [0, 0.1) is 25.5 Å². The number of aryl methyl sites for hydroxylation is 2. The SMILES string of the molecule is Cc1sc2nc(-c3ccncc3F)c(Nc3ccc(F)cc3)n2c1C. The number of benzene rings is 1. The number of anilines is 2. The molecule has 4 rings (SSSR count). The molecule has 1 N–H and O–H groups in total. The van der Waals surface area contributed by atoms with Gasteiger partial charge in [-0.05, 0) is 44.2 Å². The average molecular weight is 356 g/mol. The first-order valence-corrected chi connectivity index (χ1v) is 8.47. The molecule has 1 aromatic carbocycles. The predicted octanol–water partition coefficient (Wildman–Crippen LogP) is 5.10. The molecule has 0 radical (unpaired) electrons. The van der Waals surface area contributed by atoms with Crippen LogP contribution in [0.15, 0.2) is 42.7 Å². The van der Waals surface area contributed by atoms with E-state index in [4.69, 9.17) is 0 Å². The topological polar surface area (TPSA) is 42.2 Å². The summed E-state index contributed by atoms with van der Waals surface area (Å²) in [7, 11) is 0. The standard InChI is InChI=1S/C18H14F2N4S/c1-10-11(2)25-18-23-16(14-7-8-21-9-15(14)20)17(24(10)18)22-13-5-3-12(19)4-6-13/h3-9,22H,1-2H3. The zero-order chi connectivity index (χ0) is 17.6. The second kappa shape index (κ2) is 5.93. The van der Waals surface area contributed by atoms with Crippen LogP contribution in [0.3, 0.4) is 0 Å². The first-order valence-electron chi connectivity index (χ1n) is 7.65. The normalized spacial score (nSPS) is 11.2. The van der Waals surface area contributed by atoms with Crippen molar-refractivity contribution < 1.29 is 8.78 Å². The zero-order valence-corrected chi connectivity index (χ0v) is 14.4. The van der Waals surface area contributed by atoms with Gasteiger partial charge in [-0.1, -0.05) is 0 Å². The van der Waals surface area contributed by atoms with Crippen molar-refractivity contribution in [2.24, 2.45) is 0 Å². The first-order chi connectivity index (χ1) is 12.0. The largest absolute Gasteiger partial charge is 0.339 e. The molecule has 4 aromatic rings. The molecule has 0 spiro atoms. The van der Waals surface area contributed by atoms with Gasteiger partial charge < -0.3 is 5.32 Å². The highest BCUT2D eigenvalue weighted by atomic mass is 32.1. The molecule has 7 heteroatoms. The van der Waals surface area contributed by atoms with E-state index in [1.807, 2.05) is 18.2 Å². The maximum Gasteiger partial charge on any atom is 0.196 e. The highest BCUT2D eigenvalue weighted by Crippen LogP contribution is 2.36. The molecule has 0 saturated carbocycles. The lowest BCUT2D eigenvalue weighted by molar-refractivity contribution is 0.624. The summed E-state index contributed by atoms with van der Waals surface area (Å²) in [5.74, 6) is -0.106. The van der Waals surface area contributed by atoms with E-state index < -0.39 is 5.82 Å². The van der Waals surface area contributed by atoms with Crippen molar-refractivity contribution in [1.82, 2.24) is 14.4 Å². The molecule has 4 nitrogen and oxygen atoms in total. The average Bonchev–Trinajstić information content (AvgIpc) is 3.07. The van der Waals surface area contributed by atoms with Crippen LogP contribution in [-0.4, -0.2) is 14.4 Å². The Morgan fingerprint density at radius 3 is 2.56 bits per heavy atom. The Morgan fingerprint density at radius 2 is 1.84 bits per heavy atom. The highest BCUT2D eigenvalue weighted by Gasteiger charge is 2.21. The van der Waals surface area contributed by atoms with Crippen molar-refractivity contribution in [1.29, 1.82) is 0 Å². The van der Waals surface area contributed by atoms with Crippen LogP contribution in [0.5, 0.6) is 0 Å². The van der Waals surface area contributed by atoms with Crippen molar-refractivity contribution in [3.8, 4) is 11.3 Å². The number of fused-ring (bicyclic) bond motifs is 1. The number of nitrogens with one attached hydrogen (secondary N) is 1. The lowest BCUT2D eigenvalue weighted by Gasteiger charge is -2.10. The van der Waals surface area contributed by atoms with Crippen LogP contribution in [0.4, 0.5) is 20.3 Å². The highest BCUT2D eigenvalue weighted by molar-refractivity contribution is 7.17. The van der Waals surface area contributed by atoms with E-state index in [1.165, 1.54) is 24.5 Å². The third-order valence-electron chi connectivity index (χ3n) is 4.07.